The molecular weight excluding hydrogens is 310 g/mol. The molecular formula is C18H23NO5. The van der Waals surface area contributed by atoms with Crippen molar-refractivity contribution < 1.29 is 23.4 Å². The van der Waals surface area contributed by atoms with Crippen LogP contribution in [0.15, 0.2) is 40.8 Å². The van der Waals surface area contributed by atoms with E-state index in [0.29, 0.717) is 18.9 Å². The lowest BCUT2D eigenvalue weighted by molar-refractivity contribution is 0.0560. The number of esters is 1. The molecule has 1 aromatic heterocycles. The fourth-order valence-corrected chi connectivity index (χ4v) is 2.36. The zero-order valence-corrected chi connectivity index (χ0v) is 14.3. The highest BCUT2D eigenvalue weighted by Crippen LogP contribution is 2.17. The van der Waals surface area contributed by atoms with E-state index in [0.717, 1.165) is 24.4 Å². The highest BCUT2D eigenvalue weighted by atomic mass is 16.5. The maximum absolute atomic E-state index is 11.5. The lowest BCUT2D eigenvalue weighted by atomic mass is 10.2. The Bertz CT molecular complexity index is 652. The molecule has 0 aliphatic heterocycles. The Hall–Kier alpha value is -2.31. The summed E-state index contributed by atoms with van der Waals surface area (Å²) in [5, 5.41) is 0. The predicted octanol–water partition coefficient (Wildman–Crippen LogP) is 2.72. The number of nitrogens with zero attached hydrogens (tertiary/aromatic N) is 1. The van der Waals surface area contributed by atoms with E-state index in [1.54, 1.807) is 26.4 Å². The lowest BCUT2D eigenvalue weighted by Crippen LogP contribution is -2.26. The van der Waals surface area contributed by atoms with Crippen LogP contribution < -0.4 is 4.74 Å². The Labute approximate surface area is 141 Å². The lowest BCUT2D eigenvalue weighted by Gasteiger charge is -2.21. The molecule has 0 amide bonds. The van der Waals surface area contributed by atoms with E-state index in [1.165, 1.54) is 7.11 Å². The minimum Gasteiger partial charge on any atom is -0.497 e. The first-order valence-electron chi connectivity index (χ1n) is 7.67. The Balaban J connectivity index is 2.06. The Morgan fingerprint density at radius 2 is 1.96 bits per heavy atom. The number of benzene rings is 1. The summed E-state index contributed by atoms with van der Waals surface area (Å²) in [4.78, 5) is 13.7. The van der Waals surface area contributed by atoms with Crippen molar-refractivity contribution in [2.45, 2.75) is 13.1 Å². The van der Waals surface area contributed by atoms with Crippen LogP contribution in [0.1, 0.15) is 21.9 Å². The van der Waals surface area contributed by atoms with Gasteiger partial charge in [-0.2, -0.15) is 0 Å². The van der Waals surface area contributed by atoms with E-state index in [4.69, 9.17) is 13.9 Å². The minimum atomic E-state index is -0.475. The topological polar surface area (TPSA) is 61.1 Å². The molecule has 24 heavy (non-hydrogen) atoms. The average molecular weight is 333 g/mol. The van der Waals surface area contributed by atoms with Crippen LogP contribution in [0.25, 0.3) is 0 Å². The van der Waals surface area contributed by atoms with Gasteiger partial charge in [0.15, 0.2) is 0 Å². The quantitative estimate of drug-likeness (QED) is 0.658. The number of ether oxygens (including phenoxy) is 3. The molecule has 0 radical (unpaired) electrons. The molecule has 2 rings (SSSR count). The highest BCUT2D eigenvalue weighted by molar-refractivity contribution is 5.86. The molecule has 1 heterocycles. The summed E-state index contributed by atoms with van der Waals surface area (Å²) in [6.45, 7) is 2.63. The SMILES string of the molecule is COCCN(Cc1cccc(OC)c1)Cc1ccc(C(=O)OC)o1. The van der Waals surface area contributed by atoms with Gasteiger partial charge in [-0.15, -0.1) is 0 Å². The van der Waals surface area contributed by atoms with Gasteiger partial charge in [0.1, 0.15) is 11.5 Å². The molecule has 2 aromatic rings. The Kier molecular flexibility index (Phi) is 6.84. The number of hydrogen-bond acceptors (Lipinski definition) is 6. The molecule has 0 saturated heterocycles. The van der Waals surface area contributed by atoms with Crippen molar-refractivity contribution in [3.63, 3.8) is 0 Å². The third-order valence-electron chi connectivity index (χ3n) is 3.58. The molecule has 0 atom stereocenters. The molecule has 0 fully saturated rings. The molecule has 130 valence electrons. The van der Waals surface area contributed by atoms with Crippen LogP contribution in [0.4, 0.5) is 0 Å². The van der Waals surface area contributed by atoms with Crippen molar-refractivity contribution in [1.29, 1.82) is 0 Å². The van der Waals surface area contributed by atoms with Crippen LogP contribution in [0.3, 0.4) is 0 Å². The highest BCUT2D eigenvalue weighted by Gasteiger charge is 2.14. The van der Waals surface area contributed by atoms with Crippen LogP contribution in [0, 0.1) is 0 Å². The van der Waals surface area contributed by atoms with E-state index < -0.39 is 5.97 Å². The molecule has 0 aliphatic carbocycles. The van der Waals surface area contributed by atoms with E-state index in [2.05, 4.69) is 9.64 Å². The Morgan fingerprint density at radius 3 is 2.67 bits per heavy atom. The number of rotatable bonds is 9. The van der Waals surface area contributed by atoms with Gasteiger partial charge in [-0.3, -0.25) is 4.90 Å². The van der Waals surface area contributed by atoms with Crippen LogP contribution >= 0.6 is 0 Å². The zero-order chi connectivity index (χ0) is 17.4. The van der Waals surface area contributed by atoms with Gasteiger partial charge in [0.05, 0.1) is 27.4 Å². The number of furan rings is 1. The molecule has 0 N–H and O–H groups in total. The van der Waals surface area contributed by atoms with Gasteiger partial charge in [0, 0.05) is 20.2 Å². The second kappa shape index (κ2) is 9.10. The third kappa shape index (κ3) is 5.11. The molecule has 6 heteroatoms. The molecule has 0 bridgehead atoms. The fourth-order valence-electron chi connectivity index (χ4n) is 2.36. The van der Waals surface area contributed by atoms with Crippen molar-refractivity contribution in [1.82, 2.24) is 4.90 Å². The van der Waals surface area contributed by atoms with E-state index in [9.17, 15) is 4.79 Å². The van der Waals surface area contributed by atoms with E-state index >= 15 is 0 Å². The van der Waals surface area contributed by atoms with Crippen molar-refractivity contribution in [3.8, 4) is 5.75 Å². The average Bonchev–Trinajstić information content (AvgIpc) is 3.07. The van der Waals surface area contributed by atoms with Crippen LogP contribution in [-0.2, 0) is 22.6 Å². The summed E-state index contributed by atoms with van der Waals surface area (Å²) in [7, 11) is 4.66. The molecule has 0 aliphatic rings. The second-order valence-corrected chi connectivity index (χ2v) is 5.31. The first-order valence-corrected chi connectivity index (χ1v) is 7.67. The number of hydrogen-bond donors (Lipinski definition) is 0. The maximum atomic E-state index is 11.5. The van der Waals surface area contributed by atoms with E-state index in [1.807, 2.05) is 24.3 Å². The number of methoxy groups -OCH3 is 3. The Morgan fingerprint density at radius 1 is 1.12 bits per heavy atom. The van der Waals surface area contributed by atoms with Gasteiger partial charge in [0.25, 0.3) is 0 Å². The van der Waals surface area contributed by atoms with Gasteiger partial charge >= 0.3 is 5.97 Å². The minimum absolute atomic E-state index is 0.209. The molecule has 6 nitrogen and oxygen atoms in total. The molecule has 1 aromatic carbocycles. The van der Waals surface area contributed by atoms with Crippen molar-refractivity contribution in [3.05, 3.63) is 53.5 Å². The zero-order valence-electron chi connectivity index (χ0n) is 14.3. The summed E-state index contributed by atoms with van der Waals surface area (Å²) in [5.41, 5.74) is 1.13. The van der Waals surface area contributed by atoms with Crippen LogP contribution in [0.5, 0.6) is 5.75 Å². The molecule has 0 unspecified atom stereocenters. The fraction of sp³-hybridized carbons (Fsp3) is 0.389. The summed E-state index contributed by atoms with van der Waals surface area (Å²) in [6.07, 6.45) is 0. The van der Waals surface area contributed by atoms with Crippen molar-refractivity contribution in [2.75, 3.05) is 34.5 Å². The normalized spacial score (nSPS) is 10.8. The first kappa shape index (κ1) is 18.0. The summed E-state index contributed by atoms with van der Waals surface area (Å²) in [6, 6.07) is 11.3. The van der Waals surface area contributed by atoms with Crippen LogP contribution in [-0.4, -0.2) is 45.4 Å². The third-order valence-corrected chi connectivity index (χ3v) is 3.58. The van der Waals surface area contributed by atoms with Gasteiger partial charge in [-0.1, -0.05) is 12.1 Å². The predicted molar refractivity (Wildman–Crippen MR) is 89.0 cm³/mol. The number of carbonyl (C=O) groups excluding carboxylic acids is 1. The van der Waals surface area contributed by atoms with Crippen LogP contribution in [0.2, 0.25) is 0 Å². The van der Waals surface area contributed by atoms with Crippen molar-refractivity contribution in [2.24, 2.45) is 0 Å². The smallest absolute Gasteiger partial charge is 0.373 e. The molecule has 0 spiro atoms. The van der Waals surface area contributed by atoms with Gasteiger partial charge in [-0.25, -0.2) is 4.79 Å². The second-order valence-electron chi connectivity index (χ2n) is 5.31. The summed E-state index contributed by atoms with van der Waals surface area (Å²) < 4.78 is 20.7. The first-order chi connectivity index (χ1) is 11.7. The van der Waals surface area contributed by atoms with Gasteiger partial charge in [0.2, 0.25) is 5.76 Å². The van der Waals surface area contributed by atoms with Gasteiger partial charge < -0.3 is 18.6 Å². The maximum Gasteiger partial charge on any atom is 0.373 e. The monoisotopic (exact) mass is 333 g/mol. The summed E-state index contributed by atoms with van der Waals surface area (Å²) >= 11 is 0. The van der Waals surface area contributed by atoms with Gasteiger partial charge in [-0.05, 0) is 29.8 Å². The number of carbonyl (C=O) groups is 1. The molecule has 0 saturated carbocycles. The van der Waals surface area contributed by atoms with Crippen molar-refractivity contribution >= 4 is 5.97 Å². The summed E-state index contributed by atoms with van der Waals surface area (Å²) in [5.74, 6) is 1.26. The standard InChI is InChI=1S/C18H23NO5/c1-21-10-9-19(12-14-5-4-6-15(11-14)22-2)13-16-7-8-17(24-16)18(20)23-3/h4-8,11H,9-10,12-13H2,1-3H3. The largest absolute Gasteiger partial charge is 0.497 e. The van der Waals surface area contributed by atoms with E-state index in [-0.39, 0.29) is 5.76 Å².